The third-order valence-electron chi connectivity index (χ3n) is 4.16. The van der Waals surface area contributed by atoms with E-state index in [1.807, 2.05) is 6.92 Å². The van der Waals surface area contributed by atoms with E-state index in [-0.39, 0.29) is 30.4 Å². The van der Waals surface area contributed by atoms with Gasteiger partial charge in [-0.2, -0.15) is 5.10 Å². The number of fused-ring (bicyclic) bond motifs is 1. The Labute approximate surface area is 141 Å². The Hall–Kier alpha value is -1.80. The first-order valence-corrected chi connectivity index (χ1v) is 7.79. The Balaban J connectivity index is 0.00000192. The number of carbonyl (C=O) groups is 2. The van der Waals surface area contributed by atoms with E-state index in [4.69, 9.17) is 0 Å². The normalized spacial score (nSPS) is 19.7. The Morgan fingerprint density at radius 2 is 2.26 bits per heavy atom. The van der Waals surface area contributed by atoms with Gasteiger partial charge in [0.1, 0.15) is 0 Å². The molecule has 3 heterocycles. The number of carbonyl (C=O) groups excluding carboxylic acids is 2. The minimum atomic E-state index is -0.163. The zero-order valence-electron chi connectivity index (χ0n) is 13.1. The highest BCUT2D eigenvalue weighted by Crippen LogP contribution is 2.16. The molecule has 0 saturated carbocycles. The molecule has 4 N–H and O–H groups in total. The topological polar surface area (TPSA) is 102 Å². The monoisotopic (exact) mass is 342 g/mol. The summed E-state index contributed by atoms with van der Waals surface area (Å²) < 4.78 is 0. The lowest BCUT2D eigenvalue weighted by Gasteiger charge is -2.17. The predicted molar refractivity (Wildman–Crippen MR) is 87.8 cm³/mol. The van der Waals surface area contributed by atoms with Crippen molar-refractivity contribution in [3.8, 4) is 0 Å². The summed E-state index contributed by atoms with van der Waals surface area (Å²) in [6.45, 7) is 5.28. The molecule has 0 aliphatic carbocycles. The molecule has 1 fully saturated rings. The van der Waals surface area contributed by atoms with Crippen LogP contribution in [-0.4, -0.2) is 59.3 Å². The van der Waals surface area contributed by atoms with Crippen LogP contribution in [0.15, 0.2) is 0 Å². The largest absolute Gasteiger partial charge is 0.346 e. The average Bonchev–Trinajstić information content (AvgIpc) is 3.14. The maximum absolute atomic E-state index is 12.4. The van der Waals surface area contributed by atoms with Gasteiger partial charge in [0.15, 0.2) is 5.69 Å². The summed E-state index contributed by atoms with van der Waals surface area (Å²) in [6.07, 6.45) is 1.64. The van der Waals surface area contributed by atoms with Crippen molar-refractivity contribution in [2.45, 2.75) is 32.4 Å². The lowest BCUT2D eigenvalue weighted by atomic mass is 10.1. The van der Waals surface area contributed by atoms with Crippen LogP contribution in [0.4, 0.5) is 4.79 Å². The second kappa shape index (κ2) is 7.65. The van der Waals surface area contributed by atoms with Gasteiger partial charge in [0.25, 0.3) is 5.91 Å². The van der Waals surface area contributed by atoms with Gasteiger partial charge in [-0.05, 0) is 13.3 Å². The van der Waals surface area contributed by atoms with Gasteiger partial charge in [0, 0.05) is 56.4 Å². The summed E-state index contributed by atoms with van der Waals surface area (Å²) in [5.41, 5.74) is 2.47. The molecular weight excluding hydrogens is 320 g/mol. The van der Waals surface area contributed by atoms with Crippen LogP contribution in [0.5, 0.6) is 0 Å². The number of likely N-dealkylation sites (tertiary alicyclic amines) is 1. The number of halogens is 1. The van der Waals surface area contributed by atoms with Crippen LogP contribution in [0.2, 0.25) is 0 Å². The molecule has 1 unspecified atom stereocenters. The van der Waals surface area contributed by atoms with Gasteiger partial charge in [-0.1, -0.05) is 0 Å². The van der Waals surface area contributed by atoms with E-state index in [0.29, 0.717) is 31.9 Å². The first kappa shape index (κ1) is 17.6. The summed E-state index contributed by atoms with van der Waals surface area (Å²) in [5.74, 6) is -0.163. The van der Waals surface area contributed by atoms with Gasteiger partial charge in [-0.25, -0.2) is 4.79 Å². The Bertz CT molecular complexity index is 576. The number of hydrogen-bond donors (Lipinski definition) is 4. The van der Waals surface area contributed by atoms with E-state index in [9.17, 15) is 9.59 Å². The number of hydrogen-bond acceptors (Lipinski definition) is 4. The minimum absolute atomic E-state index is 0. The first-order valence-electron chi connectivity index (χ1n) is 7.79. The molecule has 1 aromatic rings. The number of amides is 3. The maximum Gasteiger partial charge on any atom is 0.317 e. The van der Waals surface area contributed by atoms with Crippen LogP contribution in [0.1, 0.15) is 35.1 Å². The molecule has 1 atom stereocenters. The highest BCUT2D eigenvalue weighted by Gasteiger charge is 2.29. The summed E-state index contributed by atoms with van der Waals surface area (Å²) in [4.78, 5) is 25.9. The smallest absolute Gasteiger partial charge is 0.317 e. The maximum atomic E-state index is 12.4. The fourth-order valence-electron chi connectivity index (χ4n) is 2.99. The van der Waals surface area contributed by atoms with Gasteiger partial charge in [-0.3, -0.25) is 9.89 Å². The van der Waals surface area contributed by atoms with Crippen molar-refractivity contribution in [3.63, 3.8) is 0 Å². The van der Waals surface area contributed by atoms with Gasteiger partial charge in [-0.15, -0.1) is 12.4 Å². The molecule has 0 radical (unpaired) electrons. The van der Waals surface area contributed by atoms with E-state index >= 15 is 0 Å². The van der Waals surface area contributed by atoms with Gasteiger partial charge in [0.05, 0.1) is 0 Å². The lowest BCUT2D eigenvalue weighted by Crippen LogP contribution is -2.42. The molecule has 0 aromatic carbocycles. The standard InChI is InChI=1S/C14H22N6O2.ClH/c1-2-16-14(22)20-6-4-9(8-20)17-13(21)12-10-7-15-5-3-11(10)18-19-12;/h9,15H,2-8H2,1H3,(H,16,22)(H,17,21)(H,18,19);1H. The summed E-state index contributed by atoms with van der Waals surface area (Å²) >= 11 is 0. The van der Waals surface area contributed by atoms with Crippen molar-refractivity contribution >= 4 is 24.3 Å². The van der Waals surface area contributed by atoms with Crippen molar-refractivity contribution in [1.82, 2.24) is 31.0 Å². The summed E-state index contributed by atoms with van der Waals surface area (Å²) in [5, 5.41) is 16.1. The number of rotatable bonds is 3. The van der Waals surface area contributed by atoms with Gasteiger partial charge in [0.2, 0.25) is 0 Å². The van der Waals surface area contributed by atoms with Crippen molar-refractivity contribution < 1.29 is 9.59 Å². The molecule has 1 aromatic heterocycles. The number of urea groups is 1. The van der Waals surface area contributed by atoms with Crippen LogP contribution < -0.4 is 16.0 Å². The van der Waals surface area contributed by atoms with E-state index in [1.165, 1.54) is 0 Å². The third-order valence-corrected chi connectivity index (χ3v) is 4.16. The molecule has 1 saturated heterocycles. The van der Waals surface area contributed by atoms with Gasteiger partial charge < -0.3 is 20.9 Å². The summed E-state index contributed by atoms with van der Waals surface area (Å²) in [6, 6.07) is -0.0837. The molecule has 128 valence electrons. The summed E-state index contributed by atoms with van der Waals surface area (Å²) in [7, 11) is 0. The van der Waals surface area contributed by atoms with Crippen LogP contribution in [0.25, 0.3) is 0 Å². The van der Waals surface area contributed by atoms with E-state index in [2.05, 4.69) is 26.1 Å². The zero-order chi connectivity index (χ0) is 15.5. The highest BCUT2D eigenvalue weighted by atomic mass is 35.5. The second-order valence-electron chi connectivity index (χ2n) is 5.70. The Kier molecular flexibility index (Phi) is 5.84. The van der Waals surface area contributed by atoms with E-state index in [1.54, 1.807) is 4.90 Å². The molecule has 3 rings (SSSR count). The average molecular weight is 343 g/mol. The second-order valence-corrected chi connectivity index (χ2v) is 5.70. The zero-order valence-corrected chi connectivity index (χ0v) is 14.0. The number of H-pyrrole nitrogens is 1. The Morgan fingerprint density at radius 1 is 1.43 bits per heavy atom. The molecular formula is C14H23ClN6O2. The quantitative estimate of drug-likeness (QED) is 0.621. The fraction of sp³-hybridized carbons (Fsp3) is 0.643. The number of aromatic amines is 1. The van der Waals surface area contributed by atoms with Crippen LogP contribution in [-0.2, 0) is 13.0 Å². The van der Waals surface area contributed by atoms with Crippen molar-refractivity contribution in [3.05, 3.63) is 17.0 Å². The fourth-order valence-corrected chi connectivity index (χ4v) is 2.99. The number of nitrogens with one attached hydrogen (secondary N) is 4. The SMILES string of the molecule is CCNC(=O)N1CCC(NC(=O)c2n[nH]c3c2CNCC3)C1.Cl. The number of nitrogens with zero attached hydrogens (tertiary/aromatic N) is 2. The van der Waals surface area contributed by atoms with E-state index < -0.39 is 0 Å². The van der Waals surface area contributed by atoms with Crippen LogP contribution in [0, 0.1) is 0 Å². The molecule has 8 nitrogen and oxygen atoms in total. The molecule has 0 spiro atoms. The lowest BCUT2D eigenvalue weighted by molar-refractivity contribution is 0.0931. The Morgan fingerprint density at radius 3 is 3.04 bits per heavy atom. The van der Waals surface area contributed by atoms with Crippen LogP contribution in [0.3, 0.4) is 0 Å². The van der Waals surface area contributed by atoms with Crippen LogP contribution >= 0.6 is 12.4 Å². The van der Waals surface area contributed by atoms with E-state index in [0.717, 1.165) is 30.6 Å². The van der Waals surface area contributed by atoms with Crippen molar-refractivity contribution in [2.75, 3.05) is 26.2 Å². The molecule has 3 amide bonds. The number of aromatic nitrogens is 2. The molecule has 0 bridgehead atoms. The molecule has 23 heavy (non-hydrogen) atoms. The molecule has 9 heteroatoms. The predicted octanol–water partition coefficient (Wildman–Crippen LogP) is 0.0108. The van der Waals surface area contributed by atoms with Gasteiger partial charge >= 0.3 is 6.03 Å². The third kappa shape index (κ3) is 3.76. The minimum Gasteiger partial charge on any atom is -0.346 e. The highest BCUT2D eigenvalue weighted by molar-refractivity contribution is 5.94. The van der Waals surface area contributed by atoms with Crippen molar-refractivity contribution in [2.24, 2.45) is 0 Å². The molecule has 2 aliphatic rings. The molecule has 2 aliphatic heterocycles. The first-order chi connectivity index (χ1) is 10.7. The van der Waals surface area contributed by atoms with Crippen molar-refractivity contribution in [1.29, 1.82) is 0 Å².